The summed E-state index contributed by atoms with van der Waals surface area (Å²) in [5, 5.41) is 8.01. The molecule has 0 aliphatic carbocycles. The zero-order valence-electron chi connectivity index (χ0n) is 17.6. The molecule has 5 rings (SSSR count). The molecule has 6 heteroatoms. The van der Waals surface area contributed by atoms with Crippen LogP contribution in [0.15, 0.2) is 102 Å². The number of aromatic nitrogens is 3. The standard InChI is InChI=1S/C26H22N4O2/c1-18-22(25(31)32-17-19-11-5-2-6-12-19)23(20-13-7-3-8-14-20)30-26(27-18)28-24(29-30)21-15-9-4-10-16-21/h2-16,23H,17H2,1H3,(H,27,28,29)/t23-/m0/s1. The Hall–Kier alpha value is -4.19. The molecular formula is C26H22N4O2. The van der Waals surface area contributed by atoms with Gasteiger partial charge in [-0.15, -0.1) is 5.10 Å². The lowest BCUT2D eigenvalue weighted by molar-refractivity contribution is -0.140. The monoisotopic (exact) mass is 422 g/mol. The lowest BCUT2D eigenvalue weighted by Crippen LogP contribution is -2.29. The van der Waals surface area contributed by atoms with Crippen LogP contribution in [0.25, 0.3) is 11.4 Å². The van der Waals surface area contributed by atoms with Gasteiger partial charge in [-0.3, -0.25) is 0 Å². The lowest BCUT2D eigenvalue weighted by Gasteiger charge is -2.28. The molecule has 0 amide bonds. The molecule has 158 valence electrons. The van der Waals surface area contributed by atoms with Crippen molar-refractivity contribution in [1.82, 2.24) is 14.8 Å². The highest BCUT2D eigenvalue weighted by Gasteiger charge is 2.35. The molecule has 1 N–H and O–H groups in total. The maximum Gasteiger partial charge on any atom is 0.338 e. The van der Waals surface area contributed by atoms with Gasteiger partial charge in [0, 0.05) is 11.3 Å². The number of ether oxygens (including phenoxy) is 1. The Morgan fingerprint density at radius 3 is 2.25 bits per heavy atom. The van der Waals surface area contributed by atoms with E-state index >= 15 is 0 Å². The van der Waals surface area contributed by atoms with E-state index in [-0.39, 0.29) is 12.6 Å². The largest absolute Gasteiger partial charge is 0.457 e. The predicted octanol–water partition coefficient (Wildman–Crippen LogP) is 4.98. The van der Waals surface area contributed by atoms with E-state index in [4.69, 9.17) is 9.84 Å². The average Bonchev–Trinajstić information content (AvgIpc) is 3.27. The molecule has 0 unspecified atom stereocenters. The molecule has 2 heterocycles. The fourth-order valence-corrected chi connectivity index (χ4v) is 3.87. The quantitative estimate of drug-likeness (QED) is 0.460. The van der Waals surface area contributed by atoms with Crippen molar-refractivity contribution in [1.29, 1.82) is 0 Å². The highest BCUT2D eigenvalue weighted by Crippen LogP contribution is 2.36. The molecular weight excluding hydrogens is 400 g/mol. The van der Waals surface area contributed by atoms with Crippen LogP contribution < -0.4 is 5.32 Å². The number of allylic oxidation sites excluding steroid dienone is 1. The van der Waals surface area contributed by atoms with Crippen molar-refractivity contribution in [3.63, 3.8) is 0 Å². The molecule has 0 spiro atoms. The Balaban J connectivity index is 1.53. The molecule has 0 saturated carbocycles. The zero-order valence-corrected chi connectivity index (χ0v) is 17.6. The SMILES string of the molecule is CC1=C(C(=O)OCc2ccccc2)[C@H](c2ccccc2)n2nc(-c3ccccc3)nc2N1. The van der Waals surface area contributed by atoms with Gasteiger partial charge < -0.3 is 10.1 Å². The number of hydrogen-bond donors (Lipinski definition) is 1. The van der Waals surface area contributed by atoms with E-state index < -0.39 is 6.04 Å². The van der Waals surface area contributed by atoms with E-state index in [9.17, 15) is 4.79 Å². The van der Waals surface area contributed by atoms with E-state index in [2.05, 4.69) is 10.3 Å². The van der Waals surface area contributed by atoms with Crippen LogP contribution >= 0.6 is 0 Å². The molecule has 1 atom stereocenters. The van der Waals surface area contributed by atoms with Gasteiger partial charge in [0.1, 0.15) is 12.6 Å². The third-order valence-corrected chi connectivity index (χ3v) is 5.43. The van der Waals surface area contributed by atoms with E-state index in [1.54, 1.807) is 4.68 Å². The molecule has 3 aromatic carbocycles. The normalized spacial score (nSPS) is 15.1. The molecule has 0 saturated heterocycles. The Kier molecular flexibility index (Phi) is 5.25. The summed E-state index contributed by atoms with van der Waals surface area (Å²) in [6.07, 6.45) is 0. The smallest absolute Gasteiger partial charge is 0.338 e. The summed E-state index contributed by atoms with van der Waals surface area (Å²) in [5.41, 5.74) is 4.01. The summed E-state index contributed by atoms with van der Waals surface area (Å²) < 4.78 is 7.47. The Morgan fingerprint density at radius 1 is 0.938 bits per heavy atom. The second kappa shape index (κ2) is 8.51. The van der Waals surface area contributed by atoms with Crippen LogP contribution in [-0.2, 0) is 16.1 Å². The van der Waals surface area contributed by atoms with Crippen molar-refractivity contribution in [2.45, 2.75) is 19.6 Å². The van der Waals surface area contributed by atoms with Gasteiger partial charge in [0.15, 0.2) is 5.82 Å². The molecule has 32 heavy (non-hydrogen) atoms. The molecule has 1 aromatic heterocycles. The minimum Gasteiger partial charge on any atom is -0.457 e. The van der Waals surface area contributed by atoms with E-state index in [1.807, 2.05) is 97.9 Å². The van der Waals surface area contributed by atoms with E-state index in [0.29, 0.717) is 23.0 Å². The van der Waals surface area contributed by atoms with Crippen molar-refractivity contribution >= 4 is 11.9 Å². The van der Waals surface area contributed by atoms with Gasteiger partial charge in [0.2, 0.25) is 5.95 Å². The van der Waals surface area contributed by atoms with Crippen LogP contribution in [0.3, 0.4) is 0 Å². The minimum atomic E-state index is -0.444. The van der Waals surface area contributed by atoms with E-state index in [1.165, 1.54) is 0 Å². The van der Waals surface area contributed by atoms with Crippen molar-refractivity contribution < 1.29 is 9.53 Å². The Morgan fingerprint density at radius 2 is 1.56 bits per heavy atom. The first-order valence-corrected chi connectivity index (χ1v) is 10.5. The molecule has 0 bridgehead atoms. The summed E-state index contributed by atoms with van der Waals surface area (Å²) >= 11 is 0. The number of benzene rings is 3. The van der Waals surface area contributed by atoms with E-state index in [0.717, 1.165) is 16.7 Å². The van der Waals surface area contributed by atoms with Crippen LogP contribution in [0.1, 0.15) is 24.1 Å². The Bertz CT molecular complexity index is 1270. The predicted molar refractivity (Wildman–Crippen MR) is 123 cm³/mol. The number of hydrogen-bond acceptors (Lipinski definition) is 5. The average molecular weight is 422 g/mol. The van der Waals surface area contributed by atoms with Crippen molar-refractivity contribution in [2.75, 3.05) is 5.32 Å². The maximum absolute atomic E-state index is 13.3. The molecule has 4 aromatic rings. The first kappa shape index (κ1) is 19.8. The highest BCUT2D eigenvalue weighted by molar-refractivity contribution is 5.92. The van der Waals surface area contributed by atoms with Gasteiger partial charge in [-0.1, -0.05) is 91.0 Å². The first-order valence-electron chi connectivity index (χ1n) is 10.5. The number of rotatable bonds is 5. The molecule has 1 aliphatic heterocycles. The van der Waals surface area contributed by atoms with Crippen molar-refractivity contribution in [2.24, 2.45) is 0 Å². The number of fused-ring (bicyclic) bond motifs is 1. The number of esters is 1. The summed E-state index contributed by atoms with van der Waals surface area (Å²) in [5.74, 6) is 0.811. The molecule has 6 nitrogen and oxygen atoms in total. The minimum absolute atomic E-state index is 0.206. The molecule has 0 radical (unpaired) electrons. The van der Waals surface area contributed by atoms with Crippen LogP contribution in [0.2, 0.25) is 0 Å². The number of carbonyl (C=O) groups excluding carboxylic acids is 1. The number of carbonyl (C=O) groups is 1. The number of nitrogens with one attached hydrogen (secondary N) is 1. The van der Waals surface area contributed by atoms with Gasteiger partial charge in [-0.05, 0) is 18.1 Å². The topological polar surface area (TPSA) is 69.0 Å². The van der Waals surface area contributed by atoms with Gasteiger partial charge in [-0.25, -0.2) is 9.48 Å². The van der Waals surface area contributed by atoms with Gasteiger partial charge in [0.25, 0.3) is 0 Å². The molecule has 0 fully saturated rings. The summed E-state index contributed by atoms with van der Waals surface area (Å²) in [7, 11) is 0. The van der Waals surface area contributed by atoms with Crippen molar-refractivity contribution in [3.8, 4) is 11.4 Å². The second-order valence-electron chi connectivity index (χ2n) is 7.61. The Labute approximate surface area is 186 Å². The van der Waals surface area contributed by atoms with Crippen LogP contribution in [0.4, 0.5) is 5.95 Å². The van der Waals surface area contributed by atoms with Crippen LogP contribution in [-0.4, -0.2) is 20.7 Å². The first-order chi connectivity index (χ1) is 15.7. The highest BCUT2D eigenvalue weighted by atomic mass is 16.5. The maximum atomic E-state index is 13.3. The van der Waals surface area contributed by atoms with Gasteiger partial charge >= 0.3 is 5.97 Å². The third kappa shape index (κ3) is 3.78. The van der Waals surface area contributed by atoms with Crippen LogP contribution in [0, 0.1) is 0 Å². The second-order valence-corrected chi connectivity index (χ2v) is 7.61. The summed E-state index contributed by atoms with van der Waals surface area (Å²) in [6, 6.07) is 28.8. The van der Waals surface area contributed by atoms with Crippen LogP contribution in [0.5, 0.6) is 0 Å². The fraction of sp³-hybridized carbons (Fsp3) is 0.115. The van der Waals surface area contributed by atoms with Gasteiger partial charge in [-0.2, -0.15) is 4.98 Å². The number of anilines is 1. The lowest BCUT2D eigenvalue weighted by atomic mass is 9.96. The summed E-state index contributed by atoms with van der Waals surface area (Å²) in [6.45, 7) is 2.08. The third-order valence-electron chi connectivity index (χ3n) is 5.43. The molecule has 1 aliphatic rings. The zero-order chi connectivity index (χ0) is 21.9. The van der Waals surface area contributed by atoms with Gasteiger partial charge in [0.05, 0.1) is 5.57 Å². The van der Waals surface area contributed by atoms with Crippen molar-refractivity contribution in [3.05, 3.63) is 113 Å². The number of nitrogens with zero attached hydrogens (tertiary/aromatic N) is 3. The summed E-state index contributed by atoms with van der Waals surface area (Å²) in [4.78, 5) is 18.0. The fourth-order valence-electron chi connectivity index (χ4n) is 3.87.